The summed E-state index contributed by atoms with van der Waals surface area (Å²) in [5.41, 5.74) is 7.96. The van der Waals surface area contributed by atoms with E-state index in [2.05, 4.69) is 38.9 Å². The van der Waals surface area contributed by atoms with Crippen molar-refractivity contribution >= 4 is 40.9 Å². The van der Waals surface area contributed by atoms with Crippen LogP contribution in [0.3, 0.4) is 0 Å². The molecule has 0 spiro atoms. The second-order valence-electron chi connectivity index (χ2n) is 11.9. The summed E-state index contributed by atoms with van der Waals surface area (Å²) >= 11 is 14.6. The van der Waals surface area contributed by atoms with Crippen molar-refractivity contribution in [1.29, 1.82) is 0 Å². The zero-order valence-electron chi connectivity index (χ0n) is 26.4. The second kappa shape index (κ2) is 16.2. The first-order chi connectivity index (χ1) is 23.0. The standard InChI is InChI=1S/C37H39Cl2N5O2S/c38-32-11-7-29(8-12-32)24-40-23-28-4-2-27(3-5-28)6-9-30-22-31(10-13-34(30)39)37-33-25-43(36(46)26-45)17-14-35(33)44(41-37)16-1-15-42-18-20-47-21-19-42/h2-5,7-8,10-13,22,40,45H,1,14-21,23-26H2. The van der Waals surface area contributed by atoms with Gasteiger partial charge in [-0.1, -0.05) is 65.4 Å². The number of thioether (sulfide) groups is 1. The number of nitrogens with one attached hydrogen (secondary N) is 1. The van der Waals surface area contributed by atoms with Crippen molar-refractivity contribution < 1.29 is 9.90 Å². The van der Waals surface area contributed by atoms with Gasteiger partial charge in [-0.3, -0.25) is 9.48 Å². The van der Waals surface area contributed by atoms with Crippen molar-refractivity contribution in [3.05, 3.63) is 110 Å². The van der Waals surface area contributed by atoms with E-state index in [1.165, 1.54) is 28.3 Å². The highest BCUT2D eigenvalue weighted by Crippen LogP contribution is 2.32. The number of carbonyl (C=O) groups excluding carboxylic acids is 1. The zero-order chi connectivity index (χ0) is 32.6. The minimum absolute atomic E-state index is 0.261. The maximum atomic E-state index is 12.4. The molecule has 1 aromatic heterocycles. The Morgan fingerprint density at radius 1 is 0.915 bits per heavy atom. The van der Waals surface area contributed by atoms with Gasteiger partial charge in [0.15, 0.2) is 0 Å². The smallest absolute Gasteiger partial charge is 0.248 e. The average Bonchev–Trinajstić information content (AvgIpc) is 3.47. The fourth-order valence-electron chi connectivity index (χ4n) is 6.06. The van der Waals surface area contributed by atoms with Crippen LogP contribution in [0.1, 0.15) is 39.9 Å². The van der Waals surface area contributed by atoms with Crippen molar-refractivity contribution in [2.24, 2.45) is 0 Å². The monoisotopic (exact) mass is 687 g/mol. The van der Waals surface area contributed by atoms with Gasteiger partial charge in [0.25, 0.3) is 0 Å². The molecule has 0 aliphatic carbocycles. The summed E-state index contributed by atoms with van der Waals surface area (Å²) in [5.74, 6) is 8.69. The lowest BCUT2D eigenvalue weighted by Crippen LogP contribution is -2.38. The SMILES string of the molecule is O=C(CO)N1CCc2c(c(-c3ccc(Cl)c(C#Cc4ccc(CNCc5ccc(Cl)cc5)cc4)c3)nn2CCCN2CCSCC2)C1. The van der Waals surface area contributed by atoms with Crippen LogP contribution in [0, 0.1) is 11.8 Å². The van der Waals surface area contributed by atoms with Crippen LogP contribution in [0.25, 0.3) is 11.3 Å². The third-order valence-electron chi connectivity index (χ3n) is 8.68. The number of hydrogen-bond donors (Lipinski definition) is 2. The molecule has 2 aliphatic heterocycles. The molecule has 2 N–H and O–H groups in total. The molecular formula is C37H39Cl2N5O2S. The highest BCUT2D eigenvalue weighted by Gasteiger charge is 2.28. The Morgan fingerprint density at radius 3 is 2.36 bits per heavy atom. The molecule has 3 aromatic carbocycles. The summed E-state index contributed by atoms with van der Waals surface area (Å²) in [4.78, 5) is 16.7. The predicted octanol–water partition coefficient (Wildman–Crippen LogP) is 5.86. The van der Waals surface area contributed by atoms with E-state index < -0.39 is 6.61 Å². The Labute approximate surface area is 291 Å². The van der Waals surface area contributed by atoms with Gasteiger partial charge in [0, 0.05) is 96.7 Å². The number of aryl methyl sites for hydroxylation is 1. The summed E-state index contributed by atoms with van der Waals surface area (Å²) < 4.78 is 2.13. The van der Waals surface area contributed by atoms with Gasteiger partial charge >= 0.3 is 0 Å². The fourth-order valence-corrected chi connectivity index (χ4v) is 7.33. The molecule has 0 atom stereocenters. The van der Waals surface area contributed by atoms with Crippen molar-refractivity contribution in [3.8, 4) is 23.1 Å². The first kappa shape index (κ1) is 33.6. The van der Waals surface area contributed by atoms with Gasteiger partial charge in [-0.25, -0.2) is 0 Å². The van der Waals surface area contributed by atoms with Crippen LogP contribution in [-0.2, 0) is 37.4 Å². The van der Waals surface area contributed by atoms with Crippen LogP contribution in [0.15, 0.2) is 66.7 Å². The number of aliphatic hydroxyl groups excluding tert-OH is 1. The molecule has 0 saturated carbocycles. The second-order valence-corrected chi connectivity index (χ2v) is 14.0. The number of benzene rings is 3. The van der Waals surface area contributed by atoms with Gasteiger partial charge in [0.05, 0.1) is 10.7 Å². The molecule has 2 aliphatic rings. The molecule has 7 nitrogen and oxygen atoms in total. The first-order valence-electron chi connectivity index (χ1n) is 16.1. The molecule has 3 heterocycles. The quantitative estimate of drug-likeness (QED) is 0.204. The lowest BCUT2D eigenvalue weighted by atomic mass is 9.99. The number of hydrogen-bond acceptors (Lipinski definition) is 6. The number of aromatic nitrogens is 2. The zero-order valence-corrected chi connectivity index (χ0v) is 28.7. The highest BCUT2D eigenvalue weighted by molar-refractivity contribution is 7.99. The van der Waals surface area contributed by atoms with E-state index in [9.17, 15) is 9.90 Å². The van der Waals surface area contributed by atoms with Crippen LogP contribution in [-0.4, -0.2) is 74.9 Å². The maximum Gasteiger partial charge on any atom is 0.248 e. The van der Waals surface area contributed by atoms with E-state index in [-0.39, 0.29) is 5.91 Å². The number of carbonyl (C=O) groups is 1. The molecule has 4 aromatic rings. The number of fused-ring (bicyclic) bond motifs is 1. The summed E-state index contributed by atoms with van der Waals surface area (Å²) in [5, 5.41) is 19.4. The van der Waals surface area contributed by atoms with Gasteiger partial charge in [-0.2, -0.15) is 16.9 Å². The molecule has 6 rings (SSSR count). The van der Waals surface area contributed by atoms with Gasteiger partial charge in [-0.15, -0.1) is 0 Å². The molecule has 1 fully saturated rings. The van der Waals surface area contributed by atoms with Gasteiger partial charge in [-0.05, 0) is 60.5 Å². The molecule has 1 saturated heterocycles. The third-order valence-corrected chi connectivity index (χ3v) is 10.2. The van der Waals surface area contributed by atoms with E-state index in [0.717, 1.165) is 78.7 Å². The van der Waals surface area contributed by atoms with Crippen LogP contribution in [0.4, 0.5) is 0 Å². The van der Waals surface area contributed by atoms with Crippen LogP contribution < -0.4 is 5.32 Å². The number of amides is 1. The average molecular weight is 689 g/mol. The fraction of sp³-hybridized carbons (Fsp3) is 0.351. The van der Waals surface area contributed by atoms with Crippen LogP contribution in [0.2, 0.25) is 10.0 Å². The van der Waals surface area contributed by atoms with E-state index >= 15 is 0 Å². The number of rotatable bonds is 10. The van der Waals surface area contributed by atoms with E-state index in [1.54, 1.807) is 4.90 Å². The van der Waals surface area contributed by atoms with Crippen molar-refractivity contribution in [1.82, 2.24) is 24.9 Å². The molecule has 47 heavy (non-hydrogen) atoms. The van der Waals surface area contributed by atoms with Crippen molar-refractivity contribution in [3.63, 3.8) is 0 Å². The third kappa shape index (κ3) is 8.80. The highest BCUT2D eigenvalue weighted by atomic mass is 35.5. The number of halogens is 2. The molecule has 10 heteroatoms. The summed E-state index contributed by atoms with van der Waals surface area (Å²) in [6, 6.07) is 21.9. The van der Waals surface area contributed by atoms with Gasteiger partial charge in [0.2, 0.25) is 5.91 Å². The molecule has 0 bridgehead atoms. The lowest BCUT2D eigenvalue weighted by molar-refractivity contribution is -0.135. The Kier molecular flexibility index (Phi) is 11.6. The predicted molar refractivity (Wildman–Crippen MR) is 192 cm³/mol. The Balaban J connectivity index is 1.17. The van der Waals surface area contributed by atoms with E-state index in [4.69, 9.17) is 28.3 Å². The minimum Gasteiger partial charge on any atom is -0.387 e. The molecule has 1 amide bonds. The van der Waals surface area contributed by atoms with Gasteiger partial charge in [0.1, 0.15) is 6.61 Å². The first-order valence-corrected chi connectivity index (χ1v) is 18.0. The Hall–Kier alpha value is -3.29. The number of nitrogens with zero attached hydrogens (tertiary/aromatic N) is 4. The normalized spacial score (nSPS) is 14.8. The summed E-state index contributed by atoms with van der Waals surface area (Å²) in [6.07, 6.45) is 1.73. The Morgan fingerprint density at radius 2 is 1.64 bits per heavy atom. The van der Waals surface area contributed by atoms with Crippen LogP contribution in [0.5, 0.6) is 0 Å². The number of aliphatic hydroxyl groups is 1. The molecule has 0 radical (unpaired) electrons. The molecule has 244 valence electrons. The molecular weight excluding hydrogens is 649 g/mol. The van der Waals surface area contributed by atoms with Crippen LogP contribution >= 0.6 is 35.0 Å². The summed E-state index contributed by atoms with van der Waals surface area (Å²) in [6.45, 7) is 6.21. The molecule has 0 unspecified atom stereocenters. The lowest BCUT2D eigenvalue weighted by Gasteiger charge is -2.28. The van der Waals surface area contributed by atoms with Crippen molar-refractivity contribution in [2.75, 3.05) is 44.3 Å². The maximum absolute atomic E-state index is 12.4. The van der Waals surface area contributed by atoms with E-state index in [0.29, 0.717) is 24.5 Å². The Bertz CT molecular complexity index is 1740. The topological polar surface area (TPSA) is 73.6 Å². The van der Waals surface area contributed by atoms with Gasteiger partial charge < -0.3 is 20.2 Å². The summed E-state index contributed by atoms with van der Waals surface area (Å²) in [7, 11) is 0. The van der Waals surface area contributed by atoms with E-state index in [1.807, 2.05) is 66.4 Å². The largest absolute Gasteiger partial charge is 0.387 e. The minimum atomic E-state index is -0.492. The van der Waals surface area contributed by atoms with Crippen molar-refractivity contribution in [2.45, 2.75) is 39.0 Å².